The van der Waals surface area contributed by atoms with Gasteiger partial charge in [0.05, 0.1) is 6.61 Å². The number of nitrogens with one attached hydrogen (secondary N) is 1. The van der Waals surface area contributed by atoms with Crippen LogP contribution in [0.25, 0.3) is 0 Å². The molecule has 0 amide bonds. The van der Waals surface area contributed by atoms with Crippen LogP contribution in [0.3, 0.4) is 0 Å². The predicted molar refractivity (Wildman–Crippen MR) is 68.8 cm³/mol. The molecule has 0 aliphatic heterocycles. The molecular formula is C14H23NO. The highest BCUT2D eigenvalue weighted by atomic mass is 16.5. The van der Waals surface area contributed by atoms with Crippen LogP contribution in [0, 0.1) is 5.92 Å². The first-order valence-corrected chi connectivity index (χ1v) is 6.00. The van der Waals surface area contributed by atoms with Crippen molar-refractivity contribution in [1.29, 1.82) is 0 Å². The van der Waals surface area contributed by atoms with Crippen LogP contribution in [0.1, 0.15) is 25.3 Å². The lowest BCUT2D eigenvalue weighted by Gasteiger charge is -2.21. The summed E-state index contributed by atoms with van der Waals surface area (Å²) < 4.78 is 5.03. The third-order valence-corrected chi connectivity index (χ3v) is 2.88. The van der Waals surface area contributed by atoms with Gasteiger partial charge < -0.3 is 10.1 Å². The van der Waals surface area contributed by atoms with Gasteiger partial charge in [0.1, 0.15) is 0 Å². The quantitative estimate of drug-likeness (QED) is 0.715. The molecule has 2 heteroatoms. The van der Waals surface area contributed by atoms with Gasteiger partial charge in [-0.15, -0.1) is 0 Å². The third-order valence-electron chi connectivity index (χ3n) is 2.88. The Hall–Kier alpha value is -0.860. The third kappa shape index (κ3) is 4.33. The van der Waals surface area contributed by atoms with Crippen LogP contribution >= 0.6 is 0 Å². The second-order valence-electron chi connectivity index (χ2n) is 4.46. The Morgan fingerprint density at radius 3 is 2.44 bits per heavy atom. The van der Waals surface area contributed by atoms with Crippen molar-refractivity contribution < 1.29 is 4.74 Å². The maximum absolute atomic E-state index is 5.03. The fourth-order valence-electron chi connectivity index (χ4n) is 1.87. The van der Waals surface area contributed by atoms with Gasteiger partial charge in [-0.3, -0.25) is 0 Å². The Morgan fingerprint density at radius 1 is 1.19 bits per heavy atom. The van der Waals surface area contributed by atoms with E-state index in [0.717, 1.165) is 19.7 Å². The topological polar surface area (TPSA) is 21.3 Å². The summed E-state index contributed by atoms with van der Waals surface area (Å²) in [5, 5.41) is 3.44. The lowest BCUT2D eigenvalue weighted by Crippen LogP contribution is -2.27. The summed E-state index contributed by atoms with van der Waals surface area (Å²) in [4.78, 5) is 0. The van der Waals surface area contributed by atoms with Gasteiger partial charge in [-0.1, -0.05) is 44.2 Å². The van der Waals surface area contributed by atoms with Crippen molar-refractivity contribution in [3.05, 3.63) is 35.9 Å². The molecule has 0 aliphatic carbocycles. The van der Waals surface area contributed by atoms with Crippen LogP contribution in [0.5, 0.6) is 0 Å². The normalized spacial score (nSPS) is 13.0. The van der Waals surface area contributed by atoms with Crippen LogP contribution in [-0.4, -0.2) is 26.8 Å². The molecule has 2 nitrogen and oxygen atoms in total. The highest BCUT2D eigenvalue weighted by Crippen LogP contribution is 2.23. The molecule has 0 saturated heterocycles. The molecule has 0 aliphatic rings. The molecule has 0 radical (unpaired) electrons. The highest BCUT2D eigenvalue weighted by molar-refractivity contribution is 5.20. The molecule has 0 saturated carbocycles. The average molecular weight is 221 g/mol. The maximum Gasteiger partial charge on any atom is 0.0587 e. The zero-order valence-electron chi connectivity index (χ0n) is 10.6. The van der Waals surface area contributed by atoms with E-state index >= 15 is 0 Å². The van der Waals surface area contributed by atoms with Crippen molar-refractivity contribution in [2.24, 2.45) is 5.92 Å². The lowest BCUT2D eigenvalue weighted by atomic mass is 9.88. The molecular weight excluding hydrogens is 198 g/mol. The molecule has 0 fully saturated rings. The maximum atomic E-state index is 5.03. The molecule has 1 aromatic rings. The van der Waals surface area contributed by atoms with Gasteiger partial charge in [-0.2, -0.15) is 0 Å². The fraction of sp³-hybridized carbons (Fsp3) is 0.571. The Kier molecular flexibility index (Phi) is 6.12. The van der Waals surface area contributed by atoms with Gasteiger partial charge >= 0.3 is 0 Å². The molecule has 0 bridgehead atoms. The molecule has 1 N–H and O–H groups in total. The standard InChI is InChI=1S/C14H23NO/c1-12(2)14(11-15-9-10-16-3)13-7-5-4-6-8-13/h4-8,12,14-15H,9-11H2,1-3H3. The monoisotopic (exact) mass is 221 g/mol. The minimum atomic E-state index is 0.582. The zero-order valence-corrected chi connectivity index (χ0v) is 10.6. The minimum absolute atomic E-state index is 0.582. The van der Waals surface area contributed by atoms with E-state index in [1.54, 1.807) is 7.11 Å². The van der Waals surface area contributed by atoms with E-state index in [1.165, 1.54) is 5.56 Å². The van der Waals surface area contributed by atoms with Gasteiger partial charge in [-0.25, -0.2) is 0 Å². The average Bonchev–Trinajstić information content (AvgIpc) is 2.30. The van der Waals surface area contributed by atoms with Gasteiger partial charge in [0.2, 0.25) is 0 Å². The van der Waals surface area contributed by atoms with Crippen LogP contribution in [0.2, 0.25) is 0 Å². The van der Waals surface area contributed by atoms with Crippen LogP contribution in [-0.2, 0) is 4.74 Å². The largest absolute Gasteiger partial charge is 0.383 e. The fourth-order valence-corrected chi connectivity index (χ4v) is 1.87. The molecule has 0 aromatic heterocycles. The highest BCUT2D eigenvalue weighted by Gasteiger charge is 2.14. The summed E-state index contributed by atoms with van der Waals surface area (Å²) >= 11 is 0. The SMILES string of the molecule is COCCNCC(c1ccccc1)C(C)C. The first-order chi connectivity index (χ1) is 7.75. The number of benzene rings is 1. The van der Waals surface area contributed by atoms with Crippen molar-refractivity contribution in [2.75, 3.05) is 26.8 Å². The smallest absolute Gasteiger partial charge is 0.0587 e. The molecule has 90 valence electrons. The molecule has 1 rings (SSSR count). The lowest BCUT2D eigenvalue weighted by molar-refractivity contribution is 0.198. The summed E-state index contributed by atoms with van der Waals surface area (Å²) in [5.74, 6) is 1.23. The predicted octanol–water partition coefficient (Wildman–Crippen LogP) is 2.66. The molecule has 16 heavy (non-hydrogen) atoms. The zero-order chi connectivity index (χ0) is 11.8. The molecule has 1 aromatic carbocycles. The van der Waals surface area contributed by atoms with Crippen molar-refractivity contribution >= 4 is 0 Å². The Morgan fingerprint density at radius 2 is 1.88 bits per heavy atom. The first kappa shape index (κ1) is 13.2. The Labute approximate surface area is 99.0 Å². The number of hydrogen-bond donors (Lipinski definition) is 1. The summed E-state index contributed by atoms with van der Waals surface area (Å²) in [6, 6.07) is 10.7. The Balaban J connectivity index is 2.49. The van der Waals surface area contributed by atoms with Crippen molar-refractivity contribution in [3.8, 4) is 0 Å². The van der Waals surface area contributed by atoms with E-state index in [1.807, 2.05) is 0 Å². The number of hydrogen-bond acceptors (Lipinski definition) is 2. The van der Waals surface area contributed by atoms with Crippen LogP contribution in [0.15, 0.2) is 30.3 Å². The summed E-state index contributed by atoms with van der Waals surface area (Å²) in [5.41, 5.74) is 1.42. The molecule has 0 spiro atoms. The summed E-state index contributed by atoms with van der Waals surface area (Å²) in [7, 11) is 1.73. The van der Waals surface area contributed by atoms with Crippen LogP contribution in [0.4, 0.5) is 0 Å². The number of rotatable bonds is 7. The minimum Gasteiger partial charge on any atom is -0.383 e. The van der Waals surface area contributed by atoms with E-state index < -0.39 is 0 Å². The molecule has 1 atom stereocenters. The first-order valence-electron chi connectivity index (χ1n) is 6.00. The van der Waals surface area contributed by atoms with E-state index in [0.29, 0.717) is 11.8 Å². The van der Waals surface area contributed by atoms with E-state index in [4.69, 9.17) is 4.74 Å². The van der Waals surface area contributed by atoms with Crippen molar-refractivity contribution in [3.63, 3.8) is 0 Å². The van der Waals surface area contributed by atoms with Crippen molar-refractivity contribution in [2.45, 2.75) is 19.8 Å². The number of methoxy groups -OCH3 is 1. The van der Waals surface area contributed by atoms with Crippen LogP contribution < -0.4 is 5.32 Å². The van der Waals surface area contributed by atoms with Gasteiger partial charge in [0.15, 0.2) is 0 Å². The second-order valence-corrected chi connectivity index (χ2v) is 4.46. The van der Waals surface area contributed by atoms with E-state index in [2.05, 4.69) is 49.5 Å². The second kappa shape index (κ2) is 7.42. The van der Waals surface area contributed by atoms with Gasteiger partial charge in [0, 0.05) is 20.2 Å². The molecule has 0 heterocycles. The Bertz CT molecular complexity index is 271. The molecule has 1 unspecified atom stereocenters. The van der Waals surface area contributed by atoms with Gasteiger partial charge in [0.25, 0.3) is 0 Å². The van der Waals surface area contributed by atoms with Gasteiger partial charge in [-0.05, 0) is 17.4 Å². The van der Waals surface area contributed by atoms with E-state index in [9.17, 15) is 0 Å². The number of ether oxygens (including phenoxy) is 1. The summed E-state index contributed by atoms with van der Waals surface area (Å²) in [6.45, 7) is 7.27. The van der Waals surface area contributed by atoms with E-state index in [-0.39, 0.29) is 0 Å². The van der Waals surface area contributed by atoms with Crippen molar-refractivity contribution in [1.82, 2.24) is 5.32 Å². The summed E-state index contributed by atoms with van der Waals surface area (Å²) in [6.07, 6.45) is 0.